The molecule has 12 aromatic heterocycles. The van der Waals surface area contributed by atoms with Gasteiger partial charge in [0.25, 0.3) is 0 Å². The molecule has 0 atom stereocenters. The molecule has 20 heteroatoms. The lowest BCUT2D eigenvalue weighted by Gasteiger charge is -2.08. The molecule has 0 radical (unpaired) electrons. The third-order valence-electron chi connectivity index (χ3n) is 25.1. The summed E-state index contributed by atoms with van der Waals surface area (Å²) in [5, 5.41) is 0. The van der Waals surface area contributed by atoms with Crippen LogP contribution in [0.3, 0.4) is 0 Å². The van der Waals surface area contributed by atoms with Crippen LogP contribution in [0.25, 0.3) is 234 Å². The summed E-state index contributed by atoms with van der Waals surface area (Å²) in [7, 11) is 0. The lowest BCUT2D eigenvalue weighted by Crippen LogP contribution is -2.00. The molecule has 0 fully saturated rings. The first-order chi connectivity index (χ1) is 66.4. The smallest absolute Gasteiger partial charge is 0.221 e. The van der Waals surface area contributed by atoms with Crippen molar-refractivity contribution in [2.75, 3.05) is 0 Å². The summed E-state index contributed by atoms with van der Waals surface area (Å²) >= 11 is 0. The van der Waals surface area contributed by atoms with Crippen molar-refractivity contribution < 1.29 is 0 Å². The number of aromatic nitrogens is 20. The molecule has 17 aromatic carbocycles. The Labute approximate surface area is 762 Å². The number of nitrogens with zero attached hydrogens (tertiary/aromatic N) is 20. The zero-order valence-corrected chi connectivity index (χ0v) is 71.5. The highest BCUT2D eigenvalue weighted by Crippen LogP contribution is 2.39. The highest BCUT2D eigenvalue weighted by Gasteiger charge is 2.25. The molecule has 29 aromatic rings. The molecule has 0 N–H and O–H groups in total. The van der Waals surface area contributed by atoms with Crippen molar-refractivity contribution >= 4 is 156 Å². The van der Waals surface area contributed by atoms with Crippen molar-refractivity contribution in [2.24, 2.45) is 0 Å². The van der Waals surface area contributed by atoms with Gasteiger partial charge in [0, 0.05) is 0 Å². The molecule has 29 rings (SSSR count). The second-order valence-electron chi connectivity index (χ2n) is 33.0. The Hall–Kier alpha value is -18.8. The van der Waals surface area contributed by atoms with E-state index in [4.69, 9.17) is 39.9 Å². The van der Waals surface area contributed by atoms with Crippen LogP contribution < -0.4 is 0 Å². The molecule has 0 saturated heterocycles. The van der Waals surface area contributed by atoms with Gasteiger partial charge in [0.15, 0.2) is 23.3 Å². The van der Waals surface area contributed by atoms with E-state index in [1.54, 1.807) is 0 Å². The first-order valence-corrected chi connectivity index (χ1v) is 44.3. The lowest BCUT2D eigenvalue weighted by atomic mass is 9.99. The van der Waals surface area contributed by atoms with Crippen LogP contribution in [0.1, 0.15) is 0 Å². The van der Waals surface area contributed by atoms with Crippen molar-refractivity contribution in [3.05, 3.63) is 437 Å². The summed E-state index contributed by atoms with van der Waals surface area (Å²) in [5.41, 5.74) is 35.4. The molecule has 0 saturated carbocycles. The van der Waals surface area contributed by atoms with Crippen LogP contribution in [-0.2, 0) is 0 Å². The molecule has 20 nitrogen and oxygen atoms in total. The summed E-state index contributed by atoms with van der Waals surface area (Å²) in [5.74, 6) is 6.34. The minimum atomic E-state index is 0.748. The van der Waals surface area contributed by atoms with Crippen LogP contribution in [0.15, 0.2) is 437 Å². The lowest BCUT2D eigenvalue weighted by molar-refractivity contribution is 1.04. The third kappa shape index (κ3) is 13.0. The molecule has 134 heavy (non-hydrogen) atoms. The van der Waals surface area contributed by atoms with Crippen LogP contribution >= 0.6 is 0 Å². The monoisotopic (exact) mass is 1720 g/mol. The van der Waals surface area contributed by atoms with Crippen LogP contribution in [0.4, 0.5) is 0 Å². The second-order valence-corrected chi connectivity index (χ2v) is 33.0. The Morgan fingerprint density at radius 1 is 0.127 bits per heavy atom. The largest absolute Gasteiger partial charge is 0.276 e. The van der Waals surface area contributed by atoms with Crippen LogP contribution in [0, 0.1) is 0 Å². The van der Waals surface area contributed by atoms with Gasteiger partial charge in [-0.05, 0) is 207 Å². The summed E-state index contributed by atoms with van der Waals surface area (Å²) in [6, 6.07) is 142. The average molecular weight is 1720 g/mol. The molecule has 0 aliphatic heterocycles. The Kier molecular flexibility index (Phi) is 18.0. The summed E-state index contributed by atoms with van der Waals surface area (Å²) in [4.78, 5) is 58.1. The van der Waals surface area contributed by atoms with Gasteiger partial charge in [-0.25, -0.2) is 39.9 Å². The van der Waals surface area contributed by atoms with Gasteiger partial charge in [0.2, 0.25) is 23.1 Å². The zero-order valence-electron chi connectivity index (χ0n) is 71.5. The summed E-state index contributed by atoms with van der Waals surface area (Å²) in [6.45, 7) is 0. The maximum absolute atomic E-state index is 5.02. The molecule has 0 aliphatic carbocycles. The van der Waals surface area contributed by atoms with Crippen molar-refractivity contribution in [1.29, 1.82) is 0 Å². The van der Waals surface area contributed by atoms with Crippen LogP contribution in [-0.4, -0.2) is 95.7 Å². The van der Waals surface area contributed by atoms with Gasteiger partial charge in [-0.15, -0.1) is 0 Å². The molecule has 0 bridgehead atoms. The maximum Gasteiger partial charge on any atom is 0.221 e. The van der Waals surface area contributed by atoms with Gasteiger partial charge in [-0.1, -0.05) is 261 Å². The number of hydrogen-bond donors (Lipinski definition) is 0. The molecule has 0 aliphatic rings. The van der Waals surface area contributed by atoms with Crippen molar-refractivity contribution in [2.45, 2.75) is 0 Å². The fourth-order valence-electron chi connectivity index (χ4n) is 18.8. The first-order valence-electron chi connectivity index (χ1n) is 44.3. The summed E-state index contributed by atoms with van der Waals surface area (Å²) < 4.78 is 17.2. The van der Waals surface area contributed by atoms with E-state index in [1.165, 1.54) is 44.5 Å². The minimum absolute atomic E-state index is 0.748. The highest BCUT2D eigenvalue weighted by atomic mass is 15.3. The van der Waals surface area contributed by atoms with E-state index < -0.39 is 0 Å². The standard InChI is InChI=1S/2C33H21N5.C27H17N5.C21H13N5/c1-2-9-22(10-3-1)23-11-8-12-24(19-23)25-17-18-30-31(20-25)37-29-16-7-6-15-28(29)36-33(37)38(30)32-21-34-26-13-4-5-14-27(26)35-32;1-2-8-22(9-3-1)23-14-16-24(17-15-23)25-18-19-30-31(20-25)37-29-13-7-6-12-28(29)36-33(37)38(30)32-21-34-26-10-4-5-11-27(26)35-32;1-2-8-18(9-3-1)19-14-15-24-25(16-19)31-23-13-7-6-12-22(23)30-27(31)32(24)26-17-28-20-10-4-5-11-21(20)29-26;1-2-8-15-14(7-1)22-13-20(23-15)26-19-12-6-5-11-18(19)25-17-10-4-3-9-16(17)24-21(25)26/h2*1-21H;1-17H;1-13H. The van der Waals surface area contributed by atoms with Gasteiger partial charge >= 0.3 is 0 Å². The van der Waals surface area contributed by atoms with E-state index in [9.17, 15) is 0 Å². The Balaban J connectivity index is 0.0000000941. The van der Waals surface area contributed by atoms with E-state index in [0.29, 0.717) is 0 Å². The molecule has 628 valence electrons. The van der Waals surface area contributed by atoms with E-state index in [1.807, 2.05) is 195 Å². The highest BCUT2D eigenvalue weighted by molar-refractivity contribution is 6.00. The van der Waals surface area contributed by atoms with E-state index in [0.717, 1.165) is 190 Å². The molecular formula is C114H72N20. The van der Waals surface area contributed by atoms with E-state index in [-0.39, 0.29) is 0 Å². The normalized spacial score (nSPS) is 11.7. The van der Waals surface area contributed by atoms with Gasteiger partial charge in [0.1, 0.15) is 0 Å². The minimum Gasteiger partial charge on any atom is -0.276 e. The SMILES string of the molecule is c1ccc(-c2ccc(-c3ccc4c(c3)n3c5ccccc5nc3n4-c3cnc4ccccc4n3)cc2)cc1.c1ccc(-c2ccc3c(c2)n2c4ccccc4nc2n3-c2cnc3ccccc3n2)cc1.c1ccc(-c2cccc(-c3ccc4c(c3)n3c5ccccc5nc3n4-c3cnc4ccccc4n3)c2)cc1.c1ccc2nc(-n3c4ccccc4n4c5ccccc5nc34)cnc2c1. The number of hydrogen-bond acceptors (Lipinski definition) is 12. The van der Waals surface area contributed by atoms with Crippen LogP contribution in [0.2, 0.25) is 0 Å². The number of para-hydroxylation sites is 18. The van der Waals surface area contributed by atoms with Crippen LogP contribution in [0.5, 0.6) is 0 Å². The molecule has 0 unspecified atom stereocenters. The third-order valence-corrected chi connectivity index (χ3v) is 25.1. The van der Waals surface area contributed by atoms with Gasteiger partial charge in [-0.3, -0.25) is 55.8 Å². The molecule has 0 spiro atoms. The predicted octanol–water partition coefficient (Wildman–Crippen LogP) is 25.8. The Morgan fingerprint density at radius 2 is 0.328 bits per heavy atom. The van der Waals surface area contributed by atoms with Gasteiger partial charge in [-0.2, -0.15) is 0 Å². The van der Waals surface area contributed by atoms with E-state index in [2.05, 4.69) is 298 Å². The van der Waals surface area contributed by atoms with Gasteiger partial charge in [0.05, 0.1) is 157 Å². The number of rotatable bonds is 9. The summed E-state index contributed by atoms with van der Waals surface area (Å²) in [6.07, 6.45) is 7.30. The number of benzene rings is 17. The van der Waals surface area contributed by atoms with Crippen molar-refractivity contribution in [3.63, 3.8) is 0 Å². The number of fused-ring (bicyclic) bond motifs is 24. The zero-order chi connectivity index (χ0) is 88.3. The number of imidazole rings is 8. The molecule has 0 amide bonds. The average Bonchev–Trinajstić information content (AvgIpc) is 1.57. The fourth-order valence-corrected chi connectivity index (χ4v) is 18.8. The van der Waals surface area contributed by atoms with Crippen molar-refractivity contribution in [1.82, 2.24) is 95.7 Å². The quantitative estimate of drug-likeness (QED) is 0.133. The first kappa shape index (κ1) is 76.4. The van der Waals surface area contributed by atoms with E-state index >= 15 is 0 Å². The topological polar surface area (TPSA) is 192 Å². The molecule has 12 heterocycles. The second kappa shape index (κ2) is 31.6. The fraction of sp³-hybridized carbons (Fsp3) is 0. The predicted molar refractivity (Wildman–Crippen MR) is 538 cm³/mol. The Morgan fingerprint density at radius 3 is 0.649 bits per heavy atom. The molecular weight excluding hydrogens is 1650 g/mol. The van der Waals surface area contributed by atoms with Gasteiger partial charge < -0.3 is 0 Å². The Bertz CT molecular complexity index is 9680. The van der Waals surface area contributed by atoms with Crippen molar-refractivity contribution in [3.8, 4) is 78.9 Å². The maximum atomic E-state index is 5.02.